The molecule has 0 spiro atoms. The highest BCUT2D eigenvalue weighted by Gasteiger charge is 2.09. The molecule has 1 aromatic carbocycles. The summed E-state index contributed by atoms with van der Waals surface area (Å²) in [5, 5.41) is 3.00. The zero-order valence-corrected chi connectivity index (χ0v) is 12.0. The largest absolute Gasteiger partial charge is 0.344 e. The van der Waals surface area contributed by atoms with Crippen LogP contribution < -0.4 is 10.2 Å². The molecule has 0 unspecified atom stereocenters. The fourth-order valence-corrected chi connectivity index (χ4v) is 1.85. The predicted octanol–water partition coefficient (Wildman–Crippen LogP) is 3.25. The molecule has 0 saturated carbocycles. The first-order valence-electron chi connectivity index (χ1n) is 6.24. The second kappa shape index (κ2) is 6.47. The first-order chi connectivity index (χ1) is 9.58. The minimum atomic E-state index is -0.335. The molecule has 0 bridgehead atoms. The molecular formula is C13H15ClFN5. The van der Waals surface area contributed by atoms with Crippen molar-refractivity contribution < 1.29 is 4.39 Å². The van der Waals surface area contributed by atoms with Crippen molar-refractivity contribution >= 4 is 29.2 Å². The minimum absolute atomic E-state index is 0.0943. The van der Waals surface area contributed by atoms with E-state index in [1.54, 1.807) is 12.1 Å². The smallest absolute Gasteiger partial charge is 0.233 e. The predicted molar refractivity (Wildman–Crippen MR) is 78.1 cm³/mol. The monoisotopic (exact) mass is 295 g/mol. The molecule has 0 amide bonds. The summed E-state index contributed by atoms with van der Waals surface area (Å²) >= 11 is 5.89. The van der Waals surface area contributed by atoms with Gasteiger partial charge in [0.1, 0.15) is 5.82 Å². The lowest BCUT2D eigenvalue weighted by Crippen LogP contribution is -2.21. The number of hydrogen-bond acceptors (Lipinski definition) is 5. The molecule has 1 aromatic heterocycles. The summed E-state index contributed by atoms with van der Waals surface area (Å²) in [6.07, 6.45) is 0.965. The number of hydrogen-bond donors (Lipinski definition) is 1. The maximum atomic E-state index is 13.1. The van der Waals surface area contributed by atoms with Crippen LogP contribution in [0.15, 0.2) is 24.3 Å². The zero-order valence-electron chi connectivity index (χ0n) is 11.3. The average Bonchev–Trinajstić information content (AvgIpc) is 2.38. The third-order valence-electron chi connectivity index (χ3n) is 2.58. The molecule has 0 aliphatic carbocycles. The number of aromatic nitrogens is 3. The summed E-state index contributed by atoms with van der Waals surface area (Å²) in [5.74, 6) is 0.429. The van der Waals surface area contributed by atoms with E-state index in [9.17, 15) is 4.39 Å². The summed E-state index contributed by atoms with van der Waals surface area (Å²) in [5.41, 5.74) is 0.552. The second-order valence-electron chi connectivity index (χ2n) is 4.28. The Morgan fingerprint density at radius 2 is 2.10 bits per heavy atom. The summed E-state index contributed by atoms with van der Waals surface area (Å²) in [6.45, 7) is 2.87. The van der Waals surface area contributed by atoms with Gasteiger partial charge in [-0.1, -0.05) is 13.0 Å². The SMILES string of the molecule is CCCN(C)c1nc(Cl)nc(Nc2cccc(F)c2)n1. The summed E-state index contributed by atoms with van der Waals surface area (Å²) < 4.78 is 13.1. The molecule has 5 nitrogen and oxygen atoms in total. The van der Waals surface area contributed by atoms with Crippen molar-refractivity contribution in [1.82, 2.24) is 15.0 Å². The van der Waals surface area contributed by atoms with E-state index in [1.165, 1.54) is 12.1 Å². The van der Waals surface area contributed by atoms with E-state index in [0.29, 0.717) is 11.6 Å². The number of nitrogens with one attached hydrogen (secondary N) is 1. The highest BCUT2D eigenvalue weighted by atomic mass is 35.5. The Kier molecular flexibility index (Phi) is 4.68. The standard InChI is InChI=1S/C13H15ClFN5/c1-3-7-20(2)13-18-11(14)17-12(19-13)16-10-6-4-5-9(15)8-10/h4-6,8H,3,7H2,1-2H3,(H,16,17,18,19). The van der Waals surface area contributed by atoms with E-state index >= 15 is 0 Å². The van der Waals surface area contributed by atoms with Crippen molar-refractivity contribution in [2.45, 2.75) is 13.3 Å². The average molecular weight is 296 g/mol. The van der Waals surface area contributed by atoms with Gasteiger partial charge in [0.25, 0.3) is 0 Å². The highest BCUT2D eigenvalue weighted by molar-refractivity contribution is 6.28. The van der Waals surface area contributed by atoms with E-state index in [1.807, 2.05) is 11.9 Å². The van der Waals surface area contributed by atoms with Gasteiger partial charge in [-0.15, -0.1) is 0 Å². The van der Waals surface area contributed by atoms with Crippen molar-refractivity contribution in [3.05, 3.63) is 35.4 Å². The maximum absolute atomic E-state index is 13.1. The van der Waals surface area contributed by atoms with Crippen molar-refractivity contribution in [3.8, 4) is 0 Å². The minimum Gasteiger partial charge on any atom is -0.344 e. The van der Waals surface area contributed by atoms with Gasteiger partial charge >= 0.3 is 0 Å². The Hall–Kier alpha value is -1.95. The van der Waals surface area contributed by atoms with E-state index in [2.05, 4.69) is 27.2 Å². The number of benzene rings is 1. The topological polar surface area (TPSA) is 53.9 Å². The third kappa shape index (κ3) is 3.77. The highest BCUT2D eigenvalue weighted by Crippen LogP contribution is 2.18. The number of rotatable bonds is 5. The lowest BCUT2D eigenvalue weighted by Gasteiger charge is -2.16. The van der Waals surface area contributed by atoms with E-state index < -0.39 is 0 Å². The lowest BCUT2D eigenvalue weighted by molar-refractivity contribution is 0.628. The summed E-state index contributed by atoms with van der Waals surface area (Å²) in [6, 6.07) is 6.04. The van der Waals surface area contributed by atoms with Gasteiger partial charge in [-0.3, -0.25) is 0 Å². The van der Waals surface area contributed by atoms with E-state index in [4.69, 9.17) is 11.6 Å². The van der Waals surface area contributed by atoms with Crippen molar-refractivity contribution in [2.75, 3.05) is 23.8 Å². The van der Waals surface area contributed by atoms with Crippen molar-refractivity contribution in [1.29, 1.82) is 0 Å². The van der Waals surface area contributed by atoms with Crippen LogP contribution in [-0.4, -0.2) is 28.5 Å². The van der Waals surface area contributed by atoms with Crippen LogP contribution in [0.2, 0.25) is 5.28 Å². The molecule has 0 radical (unpaired) electrons. The van der Waals surface area contributed by atoms with E-state index in [-0.39, 0.29) is 17.0 Å². The molecule has 106 valence electrons. The number of anilines is 3. The van der Waals surface area contributed by atoms with Gasteiger partial charge in [0.05, 0.1) is 0 Å². The Labute approximate surface area is 121 Å². The molecule has 0 aliphatic heterocycles. The molecule has 0 atom stereocenters. The van der Waals surface area contributed by atoms with Gasteiger partial charge in [0.15, 0.2) is 0 Å². The van der Waals surface area contributed by atoms with Gasteiger partial charge in [-0.2, -0.15) is 15.0 Å². The molecule has 2 rings (SSSR count). The van der Waals surface area contributed by atoms with Crippen LogP contribution in [0, 0.1) is 5.82 Å². The lowest BCUT2D eigenvalue weighted by atomic mass is 10.3. The molecule has 1 heterocycles. The van der Waals surface area contributed by atoms with Crippen LogP contribution in [0.1, 0.15) is 13.3 Å². The van der Waals surface area contributed by atoms with Gasteiger partial charge < -0.3 is 10.2 Å². The Morgan fingerprint density at radius 1 is 1.30 bits per heavy atom. The Bertz CT molecular complexity index is 593. The second-order valence-corrected chi connectivity index (χ2v) is 4.62. The van der Waals surface area contributed by atoms with Gasteiger partial charge in [0, 0.05) is 19.3 Å². The maximum Gasteiger partial charge on any atom is 0.233 e. The Morgan fingerprint density at radius 3 is 2.80 bits per heavy atom. The first kappa shape index (κ1) is 14.5. The molecule has 0 fully saturated rings. The van der Waals surface area contributed by atoms with Gasteiger partial charge in [0.2, 0.25) is 17.2 Å². The zero-order chi connectivity index (χ0) is 14.5. The van der Waals surface area contributed by atoms with Crippen LogP contribution in [-0.2, 0) is 0 Å². The van der Waals surface area contributed by atoms with Crippen LogP contribution >= 0.6 is 11.6 Å². The van der Waals surface area contributed by atoms with E-state index in [0.717, 1.165) is 13.0 Å². The van der Waals surface area contributed by atoms with Crippen LogP contribution in [0.4, 0.5) is 22.0 Å². The molecule has 2 aromatic rings. The molecule has 1 N–H and O–H groups in total. The number of nitrogens with zero attached hydrogens (tertiary/aromatic N) is 4. The quantitative estimate of drug-likeness (QED) is 0.917. The van der Waals surface area contributed by atoms with Crippen molar-refractivity contribution in [2.24, 2.45) is 0 Å². The van der Waals surface area contributed by atoms with Crippen molar-refractivity contribution in [3.63, 3.8) is 0 Å². The summed E-state index contributed by atoms with van der Waals surface area (Å²) in [4.78, 5) is 14.2. The van der Waals surface area contributed by atoms with Crippen LogP contribution in [0.5, 0.6) is 0 Å². The first-order valence-corrected chi connectivity index (χ1v) is 6.61. The van der Waals surface area contributed by atoms with Gasteiger partial charge in [-0.25, -0.2) is 4.39 Å². The molecular weight excluding hydrogens is 281 g/mol. The normalized spacial score (nSPS) is 10.4. The fourth-order valence-electron chi connectivity index (χ4n) is 1.70. The summed E-state index contributed by atoms with van der Waals surface area (Å²) in [7, 11) is 1.88. The number of halogens is 2. The molecule has 0 aliphatic rings. The molecule has 7 heteroatoms. The Balaban J connectivity index is 2.23. The van der Waals surface area contributed by atoms with Gasteiger partial charge in [-0.05, 0) is 36.2 Å². The fraction of sp³-hybridized carbons (Fsp3) is 0.308. The third-order valence-corrected chi connectivity index (χ3v) is 2.75. The molecule has 20 heavy (non-hydrogen) atoms. The van der Waals surface area contributed by atoms with Crippen LogP contribution in [0.25, 0.3) is 0 Å². The van der Waals surface area contributed by atoms with Crippen LogP contribution in [0.3, 0.4) is 0 Å². The molecule has 0 saturated heterocycles.